The second kappa shape index (κ2) is 6.86. The van der Waals surface area contributed by atoms with E-state index in [2.05, 4.69) is 11.9 Å². The number of aryl methyl sites for hydroxylation is 1. The van der Waals surface area contributed by atoms with Gasteiger partial charge in [0.1, 0.15) is 11.3 Å². The van der Waals surface area contributed by atoms with Gasteiger partial charge in [0.25, 0.3) is 0 Å². The Morgan fingerprint density at radius 1 is 1.48 bits per heavy atom. The summed E-state index contributed by atoms with van der Waals surface area (Å²) in [5, 5.41) is 2.94. The highest BCUT2D eigenvalue weighted by atomic mass is 16.5. The Kier molecular flexibility index (Phi) is 5.08. The first kappa shape index (κ1) is 17.1. The number of rotatable bonds is 5. The topological polar surface area (TPSA) is 58.6 Å². The minimum Gasteiger partial charge on any atom is -0.492 e. The summed E-state index contributed by atoms with van der Waals surface area (Å²) in [6, 6.07) is 5.66. The van der Waals surface area contributed by atoms with E-state index in [4.69, 9.17) is 4.74 Å². The van der Waals surface area contributed by atoms with Crippen LogP contribution in [0.15, 0.2) is 30.9 Å². The molecule has 0 aliphatic carbocycles. The second-order valence-electron chi connectivity index (χ2n) is 5.96. The summed E-state index contributed by atoms with van der Waals surface area (Å²) in [4.78, 5) is 26.4. The Morgan fingerprint density at radius 3 is 2.87 bits per heavy atom. The molecule has 1 aliphatic rings. The van der Waals surface area contributed by atoms with Crippen LogP contribution in [0.4, 0.5) is 5.69 Å². The Balaban J connectivity index is 2.26. The van der Waals surface area contributed by atoms with Crippen LogP contribution < -0.4 is 10.1 Å². The molecule has 1 unspecified atom stereocenters. The highest BCUT2D eigenvalue weighted by Gasteiger charge is 2.45. The smallest absolute Gasteiger partial charge is 0.250 e. The van der Waals surface area contributed by atoms with E-state index in [-0.39, 0.29) is 11.8 Å². The number of carbonyl (C=O) groups excluding carboxylic acids is 2. The van der Waals surface area contributed by atoms with Gasteiger partial charge in [-0.15, -0.1) is 0 Å². The molecule has 0 aromatic heterocycles. The second-order valence-corrected chi connectivity index (χ2v) is 5.96. The third-order valence-electron chi connectivity index (χ3n) is 4.25. The normalized spacial score (nSPS) is 20.2. The maximum absolute atomic E-state index is 12.8. The van der Waals surface area contributed by atoms with Gasteiger partial charge in [-0.1, -0.05) is 12.6 Å². The third-order valence-corrected chi connectivity index (χ3v) is 4.25. The van der Waals surface area contributed by atoms with Crippen molar-refractivity contribution in [3.63, 3.8) is 0 Å². The standard InChI is InChI=1S/C18H24N2O3/c1-5-16(21)20-11-7-10-18(20,4)17(22)19-14-12-13(3)8-9-15(14)23-6-2/h5,8-9,12H,1,6-7,10-11H2,2-4H3,(H,19,22). The third kappa shape index (κ3) is 3.38. The predicted octanol–water partition coefficient (Wildman–Crippen LogP) is 2.90. The number of nitrogens with one attached hydrogen (secondary N) is 1. The van der Waals surface area contributed by atoms with Crippen molar-refractivity contribution in [1.82, 2.24) is 4.90 Å². The molecule has 1 aromatic rings. The molecule has 0 saturated carbocycles. The fourth-order valence-electron chi connectivity index (χ4n) is 2.94. The van der Waals surface area contributed by atoms with Crippen molar-refractivity contribution >= 4 is 17.5 Å². The molecule has 1 fully saturated rings. The Bertz CT molecular complexity index is 627. The number of carbonyl (C=O) groups is 2. The molecule has 2 rings (SSSR count). The van der Waals surface area contributed by atoms with Crippen LogP contribution in [0.1, 0.15) is 32.3 Å². The van der Waals surface area contributed by atoms with E-state index in [1.807, 2.05) is 32.0 Å². The molecular weight excluding hydrogens is 292 g/mol. The van der Waals surface area contributed by atoms with Gasteiger partial charge < -0.3 is 15.0 Å². The lowest BCUT2D eigenvalue weighted by Gasteiger charge is -2.33. The molecule has 1 saturated heterocycles. The number of likely N-dealkylation sites (tertiary alicyclic amines) is 1. The van der Waals surface area contributed by atoms with Gasteiger partial charge in [0, 0.05) is 6.54 Å². The van der Waals surface area contributed by atoms with Crippen LogP contribution in [0.2, 0.25) is 0 Å². The van der Waals surface area contributed by atoms with Crippen molar-refractivity contribution in [2.45, 2.75) is 39.2 Å². The van der Waals surface area contributed by atoms with Crippen LogP contribution in [0.3, 0.4) is 0 Å². The van der Waals surface area contributed by atoms with Crippen LogP contribution in [0.25, 0.3) is 0 Å². The van der Waals surface area contributed by atoms with E-state index in [9.17, 15) is 9.59 Å². The zero-order chi connectivity index (χ0) is 17.0. The minimum absolute atomic E-state index is 0.197. The highest BCUT2D eigenvalue weighted by Crippen LogP contribution is 2.33. The molecule has 0 radical (unpaired) electrons. The van der Waals surface area contributed by atoms with E-state index < -0.39 is 5.54 Å². The van der Waals surface area contributed by atoms with Crippen molar-refractivity contribution in [3.05, 3.63) is 36.4 Å². The van der Waals surface area contributed by atoms with E-state index in [1.54, 1.807) is 11.8 Å². The van der Waals surface area contributed by atoms with Crippen LogP contribution >= 0.6 is 0 Å². The molecule has 5 heteroatoms. The van der Waals surface area contributed by atoms with Crippen molar-refractivity contribution in [3.8, 4) is 5.75 Å². The number of amides is 2. The van der Waals surface area contributed by atoms with Gasteiger partial charge in [0.2, 0.25) is 11.8 Å². The van der Waals surface area contributed by atoms with Gasteiger partial charge in [-0.05, 0) is 57.4 Å². The quantitative estimate of drug-likeness (QED) is 0.850. The van der Waals surface area contributed by atoms with Crippen LogP contribution in [-0.4, -0.2) is 35.4 Å². The van der Waals surface area contributed by atoms with Gasteiger partial charge in [-0.2, -0.15) is 0 Å². The fraction of sp³-hybridized carbons (Fsp3) is 0.444. The molecule has 0 spiro atoms. The molecule has 1 N–H and O–H groups in total. The summed E-state index contributed by atoms with van der Waals surface area (Å²) in [5.74, 6) is 0.223. The first-order chi connectivity index (χ1) is 10.9. The molecule has 0 bridgehead atoms. The van der Waals surface area contributed by atoms with Crippen molar-refractivity contribution in [2.24, 2.45) is 0 Å². The summed E-state index contributed by atoms with van der Waals surface area (Å²) < 4.78 is 5.57. The zero-order valence-electron chi connectivity index (χ0n) is 14.0. The molecule has 5 nitrogen and oxygen atoms in total. The fourth-order valence-corrected chi connectivity index (χ4v) is 2.94. The lowest BCUT2D eigenvalue weighted by atomic mass is 9.97. The predicted molar refractivity (Wildman–Crippen MR) is 90.5 cm³/mol. The summed E-state index contributed by atoms with van der Waals surface area (Å²) >= 11 is 0. The number of ether oxygens (including phenoxy) is 1. The maximum Gasteiger partial charge on any atom is 0.250 e. The lowest BCUT2D eigenvalue weighted by Crippen LogP contribution is -2.52. The Labute approximate surface area is 137 Å². The maximum atomic E-state index is 12.8. The zero-order valence-corrected chi connectivity index (χ0v) is 14.0. The van der Waals surface area contributed by atoms with E-state index in [0.717, 1.165) is 12.0 Å². The molecule has 124 valence electrons. The average Bonchev–Trinajstić information content (AvgIpc) is 2.92. The average molecular weight is 316 g/mol. The van der Waals surface area contributed by atoms with Crippen molar-refractivity contribution in [1.29, 1.82) is 0 Å². The monoisotopic (exact) mass is 316 g/mol. The molecule has 23 heavy (non-hydrogen) atoms. The highest BCUT2D eigenvalue weighted by molar-refractivity contribution is 6.02. The van der Waals surface area contributed by atoms with E-state index in [0.29, 0.717) is 31.0 Å². The SMILES string of the molecule is C=CC(=O)N1CCCC1(C)C(=O)Nc1cc(C)ccc1OCC. The molecule has 1 heterocycles. The van der Waals surface area contributed by atoms with Crippen LogP contribution in [0.5, 0.6) is 5.75 Å². The number of hydrogen-bond acceptors (Lipinski definition) is 3. The minimum atomic E-state index is -0.863. The van der Waals surface area contributed by atoms with E-state index >= 15 is 0 Å². The van der Waals surface area contributed by atoms with Gasteiger partial charge in [0.15, 0.2) is 0 Å². The number of nitrogens with zero attached hydrogens (tertiary/aromatic N) is 1. The van der Waals surface area contributed by atoms with Crippen molar-refractivity contribution < 1.29 is 14.3 Å². The number of hydrogen-bond donors (Lipinski definition) is 1. The van der Waals surface area contributed by atoms with Crippen LogP contribution in [-0.2, 0) is 9.59 Å². The Hall–Kier alpha value is -2.30. The largest absolute Gasteiger partial charge is 0.492 e. The summed E-state index contributed by atoms with van der Waals surface area (Å²) in [7, 11) is 0. The summed E-state index contributed by atoms with van der Waals surface area (Å²) in [5.41, 5.74) is 0.800. The van der Waals surface area contributed by atoms with Gasteiger partial charge in [-0.3, -0.25) is 9.59 Å². The van der Waals surface area contributed by atoms with E-state index in [1.165, 1.54) is 6.08 Å². The first-order valence-corrected chi connectivity index (χ1v) is 7.91. The van der Waals surface area contributed by atoms with Gasteiger partial charge >= 0.3 is 0 Å². The number of anilines is 1. The van der Waals surface area contributed by atoms with Gasteiger partial charge in [-0.25, -0.2) is 0 Å². The van der Waals surface area contributed by atoms with Crippen molar-refractivity contribution in [2.75, 3.05) is 18.5 Å². The molecule has 1 aromatic carbocycles. The lowest BCUT2D eigenvalue weighted by molar-refractivity contribution is -0.138. The summed E-state index contributed by atoms with van der Waals surface area (Å²) in [6.07, 6.45) is 2.69. The number of benzene rings is 1. The molecule has 1 aliphatic heterocycles. The Morgan fingerprint density at radius 2 is 2.22 bits per heavy atom. The van der Waals surface area contributed by atoms with Gasteiger partial charge in [0.05, 0.1) is 12.3 Å². The molecule has 1 atom stereocenters. The molecule has 2 amide bonds. The van der Waals surface area contributed by atoms with Crippen LogP contribution in [0, 0.1) is 6.92 Å². The molecular formula is C18H24N2O3. The first-order valence-electron chi connectivity index (χ1n) is 7.91. The summed E-state index contributed by atoms with van der Waals surface area (Å²) in [6.45, 7) is 10.3.